The molecule has 0 spiro atoms. The summed E-state index contributed by atoms with van der Waals surface area (Å²) in [6, 6.07) is 0.200. The van der Waals surface area contributed by atoms with Crippen molar-refractivity contribution in [2.24, 2.45) is 12.8 Å². The molecule has 0 aromatic carbocycles. The Balaban J connectivity index is 2.61. The standard InChI is InChI=1S/C12H24N4S/c1-5-11(13)12(17-7-6-15(2)3)10-8-14-16(4)9-10/h8-9,11-12H,5-7,13H2,1-4H3. The fourth-order valence-electron chi connectivity index (χ4n) is 1.63. The quantitative estimate of drug-likeness (QED) is 0.803. The van der Waals surface area contributed by atoms with Gasteiger partial charge in [-0.1, -0.05) is 6.92 Å². The van der Waals surface area contributed by atoms with E-state index in [1.807, 2.05) is 29.7 Å². The van der Waals surface area contributed by atoms with E-state index >= 15 is 0 Å². The van der Waals surface area contributed by atoms with E-state index in [1.54, 1.807) is 0 Å². The van der Waals surface area contributed by atoms with Crippen molar-refractivity contribution in [1.82, 2.24) is 14.7 Å². The highest BCUT2D eigenvalue weighted by atomic mass is 32.2. The van der Waals surface area contributed by atoms with E-state index in [2.05, 4.69) is 37.2 Å². The predicted octanol–water partition coefficient (Wildman–Crippen LogP) is 1.49. The molecule has 0 amide bonds. The Hall–Kier alpha value is -0.520. The minimum absolute atomic E-state index is 0.200. The van der Waals surface area contributed by atoms with E-state index < -0.39 is 0 Å². The third kappa shape index (κ3) is 4.69. The molecule has 2 unspecified atom stereocenters. The van der Waals surface area contributed by atoms with Crippen LogP contribution in [0.5, 0.6) is 0 Å². The molecule has 0 aliphatic carbocycles. The highest BCUT2D eigenvalue weighted by Gasteiger charge is 2.20. The lowest BCUT2D eigenvalue weighted by Crippen LogP contribution is -2.26. The molecule has 1 aromatic rings. The smallest absolute Gasteiger partial charge is 0.0533 e. The minimum atomic E-state index is 0.200. The van der Waals surface area contributed by atoms with Crippen molar-refractivity contribution in [3.8, 4) is 0 Å². The lowest BCUT2D eigenvalue weighted by molar-refractivity contribution is 0.437. The van der Waals surface area contributed by atoms with Crippen molar-refractivity contribution in [2.45, 2.75) is 24.6 Å². The van der Waals surface area contributed by atoms with Crippen LogP contribution in [0.2, 0.25) is 0 Å². The van der Waals surface area contributed by atoms with Crippen LogP contribution in [0.25, 0.3) is 0 Å². The van der Waals surface area contributed by atoms with Gasteiger partial charge in [-0.05, 0) is 20.5 Å². The topological polar surface area (TPSA) is 47.1 Å². The van der Waals surface area contributed by atoms with Gasteiger partial charge >= 0.3 is 0 Å². The lowest BCUT2D eigenvalue weighted by atomic mass is 10.1. The number of hydrogen-bond donors (Lipinski definition) is 1. The molecule has 0 bridgehead atoms. The summed E-state index contributed by atoms with van der Waals surface area (Å²) in [4.78, 5) is 2.20. The Bertz CT molecular complexity index is 324. The van der Waals surface area contributed by atoms with Gasteiger partial charge in [-0.2, -0.15) is 16.9 Å². The van der Waals surface area contributed by atoms with Crippen molar-refractivity contribution in [1.29, 1.82) is 0 Å². The average Bonchev–Trinajstić information content (AvgIpc) is 2.69. The zero-order chi connectivity index (χ0) is 12.8. The molecular weight excluding hydrogens is 232 g/mol. The van der Waals surface area contributed by atoms with Crippen LogP contribution in [-0.2, 0) is 7.05 Å². The van der Waals surface area contributed by atoms with Crippen LogP contribution < -0.4 is 5.73 Å². The van der Waals surface area contributed by atoms with Crippen molar-refractivity contribution in [3.05, 3.63) is 18.0 Å². The zero-order valence-electron chi connectivity index (χ0n) is 11.3. The van der Waals surface area contributed by atoms with Gasteiger partial charge in [-0.3, -0.25) is 4.68 Å². The SMILES string of the molecule is CCC(N)C(SCCN(C)C)c1cnn(C)c1. The molecule has 0 aliphatic heterocycles. The van der Waals surface area contributed by atoms with Crippen LogP contribution in [0.1, 0.15) is 24.2 Å². The summed E-state index contributed by atoms with van der Waals surface area (Å²) in [5.41, 5.74) is 7.45. The average molecular weight is 256 g/mol. The number of hydrogen-bond acceptors (Lipinski definition) is 4. The number of nitrogens with two attached hydrogens (primary N) is 1. The largest absolute Gasteiger partial charge is 0.326 e. The van der Waals surface area contributed by atoms with Crippen molar-refractivity contribution in [2.75, 3.05) is 26.4 Å². The Labute approximate surface area is 109 Å². The first kappa shape index (κ1) is 14.5. The van der Waals surface area contributed by atoms with Crippen molar-refractivity contribution < 1.29 is 0 Å². The molecule has 2 N–H and O–H groups in total. The zero-order valence-corrected chi connectivity index (χ0v) is 12.1. The first-order valence-corrected chi connectivity index (χ1v) is 7.10. The fourth-order valence-corrected chi connectivity index (χ4v) is 3.11. The van der Waals surface area contributed by atoms with Gasteiger partial charge < -0.3 is 10.6 Å². The van der Waals surface area contributed by atoms with Crippen LogP contribution in [0.3, 0.4) is 0 Å². The highest BCUT2D eigenvalue weighted by Crippen LogP contribution is 2.32. The van der Waals surface area contributed by atoms with Gasteiger partial charge in [0.25, 0.3) is 0 Å². The summed E-state index contributed by atoms with van der Waals surface area (Å²) in [5, 5.41) is 4.59. The molecule has 0 radical (unpaired) electrons. The number of aromatic nitrogens is 2. The van der Waals surface area contributed by atoms with Gasteiger partial charge in [0, 0.05) is 42.4 Å². The Morgan fingerprint density at radius 1 is 1.53 bits per heavy atom. The van der Waals surface area contributed by atoms with Crippen LogP contribution in [0.4, 0.5) is 0 Å². The van der Waals surface area contributed by atoms with Gasteiger partial charge in [0.15, 0.2) is 0 Å². The van der Waals surface area contributed by atoms with E-state index in [9.17, 15) is 0 Å². The molecule has 1 aromatic heterocycles. The van der Waals surface area contributed by atoms with Gasteiger partial charge in [-0.15, -0.1) is 0 Å². The van der Waals surface area contributed by atoms with Crippen LogP contribution >= 0.6 is 11.8 Å². The maximum absolute atomic E-state index is 6.20. The predicted molar refractivity (Wildman–Crippen MR) is 75.2 cm³/mol. The molecule has 4 nitrogen and oxygen atoms in total. The normalized spacial score (nSPS) is 15.2. The van der Waals surface area contributed by atoms with Gasteiger partial charge in [0.2, 0.25) is 0 Å². The summed E-state index contributed by atoms with van der Waals surface area (Å²) in [5.74, 6) is 1.10. The Kier molecular flexibility index (Phi) is 6.02. The number of aryl methyl sites for hydroxylation is 1. The first-order chi connectivity index (χ1) is 8.04. The summed E-state index contributed by atoms with van der Waals surface area (Å²) in [6.45, 7) is 3.22. The molecule has 98 valence electrons. The molecule has 0 saturated carbocycles. The Morgan fingerprint density at radius 2 is 2.24 bits per heavy atom. The van der Waals surface area contributed by atoms with E-state index in [0.29, 0.717) is 5.25 Å². The van der Waals surface area contributed by atoms with Crippen LogP contribution in [-0.4, -0.2) is 47.1 Å². The third-order valence-corrected chi connectivity index (χ3v) is 4.15. The summed E-state index contributed by atoms with van der Waals surface area (Å²) in [6.07, 6.45) is 5.00. The van der Waals surface area contributed by atoms with Crippen LogP contribution in [0, 0.1) is 0 Å². The lowest BCUT2D eigenvalue weighted by Gasteiger charge is -2.22. The second-order valence-electron chi connectivity index (χ2n) is 4.61. The molecule has 1 rings (SSSR count). The van der Waals surface area contributed by atoms with E-state index in [0.717, 1.165) is 18.7 Å². The van der Waals surface area contributed by atoms with Gasteiger partial charge in [0.1, 0.15) is 0 Å². The molecule has 0 saturated heterocycles. The monoisotopic (exact) mass is 256 g/mol. The second-order valence-corrected chi connectivity index (χ2v) is 5.86. The summed E-state index contributed by atoms with van der Waals surface area (Å²) < 4.78 is 1.84. The molecule has 2 atom stereocenters. The molecular formula is C12H24N4S. The second kappa shape index (κ2) is 7.03. The maximum Gasteiger partial charge on any atom is 0.0533 e. The fraction of sp³-hybridized carbons (Fsp3) is 0.750. The summed E-state index contributed by atoms with van der Waals surface area (Å²) in [7, 11) is 6.14. The van der Waals surface area contributed by atoms with Crippen LogP contribution in [0.15, 0.2) is 12.4 Å². The molecule has 0 fully saturated rings. The van der Waals surface area contributed by atoms with Crippen molar-refractivity contribution >= 4 is 11.8 Å². The first-order valence-electron chi connectivity index (χ1n) is 6.05. The third-order valence-electron chi connectivity index (χ3n) is 2.75. The van der Waals surface area contributed by atoms with E-state index in [-0.39, 0.29) is 6.04 Å². The van der Waals surface area contributed by atoms with E-state index in [4.69, 9.17) is 5.73 Å². The van der Waals surface area contributed by atoms with Crippen molar-refractivity contribution in [3.63, 3.8) is 0 Å². The molecule has 5 heteroatoms. The number of thioether (sulfide) groups is 1. The maximum atomic E-state index is 6.20. The highest BCUT2D eigenvalue weighted by molar-refractivity contribution is 7.99. The minimum Gasteiger partial charge on any atom is -0.326 e. The number of rotatable bonds is 7. The molecule has 17 heavy (non-hydrogen) atoms. The number of nitrogens with zero attached hydrogens (tertiary/aromatic N) is 3. The Morgan fingerprint density at radius 3 is 2.71 bits per heavy atom. The summed E-state index contributed by atoms with van der Waals surface area (Å²) >= 11 is 1.93. The van der Waals surface area contributed by atoms with E-state index in [1.165, 1.54) is 5.56 Å². The van der Waals surface area contributed by atoms with Gasteiger partial charge in [0.05, 0.1) is 6.20 Å². The molecule has 0 aliphatic rings. The molecule has 1 heterocycles. The van der Waals surface area contributed by atoms with Gasteiger partial charge in [-0.25, -0.2) is 0 Å².